The summed E-state index contributed by atoms with van der Waals surface area (Å²) in [6, 6.07) is 6.12. The van der Waals surface area contributed by atoms with Crippen LogP contribution in [0.1, 0.15) is 28.9 Å². The molecule has 0 saturated carbocycles. The molecule has 120 valence electrons. The molecule has 5 heteroatoms. The summed E-state index contributed by atoms with van der Waals surface area (Å²) < 4.78 is 7.55. The van der Waals surface area contributed by atoms with Gasteiger partial charge in [0.05, 0.1) is 12.8 Å². The van der Waals surface area contributed by atoms with Crippen LogP contribution in [-0.4, -0.2) is 43.0 Å². The van der Waals surface area contributed by atoms with Crippen LogP contribution in [0.15, 0.2) is 18.2 Å². The molecule has 0 N–H and O–H groups in total. The Hall–Kier alpha value is -1.52. The second-order valence-electron chi connectivity index (χ2n) is 5.94. The average molecular weight is 323 g/mol. The number of fused-ring (bicyclic) bond motifs is 3. The van der Waals surface area contributed by atoms with E-state index in [1.54, 1.807) is 7.11 Å². The van der Waals surface area contributed by atoms with Gasteiger partial charge in [-0.15, -0.1) is 12.4 Å². The number of ether oxygens (including phenoxy) is 1. The topological polar surface area (TPSA) is 34.5 Å². The number of benzene rings is 1. The lowest BCUT2D eigenvalue weighted by atomic mass is 9.94. The maximum atomic E-state index is 12.4. The Bertz CT molecular complexity index is 692. The third-order valence-corrected chi connectivity index (χ3v) is 4.24. The van der Waals surface area contributed by atoms with Crippen LogP contribution in [0.3, 0.4) is 0 Å². The molecule has 1 aromatic carbocycles. The third kappa shape index (κ3) is 2.85. The predicted molar refractivity (Wildman–Crippen MR) is 91.6 cm³/mol. The van der Waals surface area contributed by atoms with Gasteiger partial charge in [-0.25, -0.2) is 0 Å². The standard InChI is InChI=1S/C17H22N2O2.ClH/c1-18(2)9-10-19-15-8-7-12(21-3)11-14(15)13-5-4-6-16(20)17(13)19;/h7-8,11H,4-6,9-10H2,1-3H3;1H. The second-order valence-corrected chi connectivity index (χ2v) is 5.94. The Labute approximate surface area is 137 Å². The molecule has 4 nitrogen and oxygen atoms in total. The minimum atomic E-state index is 0. The van der Waals surface area contributed by atoms with E-state index >= 15 is 0 Å². The van der Waals surface area contributed by atoms with Crippen LogP contribution in [0, 0.1) is 0 Å². The Kier molecular flexibility index (Phi) is 5.14. The van der Waals surface area contributed by atoms with Crippen molar-refractivity contribution in [1.29, 1.82) is 0 Å². The second kappa shape index (κ2) is 6.71. The number of carbonyl (C=O) groups is 1. The van der Waals surface area contributed by atoms with E-state index < -0.39 is 0 Å². The summed E-state index contributed by atoms with van der Waals surface area (Å²) in [6.07, 6.45) is 2.61. The van der Waals surface area contributed by atoms with Crippen LogP contribution in [-0.2, 0) is 13.0 Å². The summed E-state index contributed by atoms with van der Waals surface area (Å²) in [7, 11) is 5.80. The number of hydrogen-bond donors (Lipinski definition) is 0. The van der Waals surface area contributed by atoms with Gasteiger partial charge < -0.3 is 14.2 Å². The Morgan fingerprint density at radius 2 is 2.05 bits per heavy atom. The molecular weight excluding hydrogens is 300 g/mol. The van der Waals surface area contributed by atoms with E-state index in [2.05, 4.69) is 35.7 Å². The van der Waals surface area contributed by atoms with Gasteiger partial charge in [0.1, 0.15) is 5.75 Å². The Morgan fingerprint density at radius 1 is 1.27 bits per heavy atom. The molecule has 0 spiro atoms. The van der Waals surface area contributed by atoms with Crippen molar-refractivity contribution in [3.8, 4) is 5.75 Å². The predicted octanol–water partition coefficient (Wildman–Crippen LogP) is 3.15. The zero-order valence-corrected chi connectivity index (χ0v) is 14.2. The SMILES string of the molecule is COc1ccc2c(c1)c1c(n2CCN(C)C)C(=O)CCC1.Cl. The highest BCUT2D eigenvalue weighted by atomic mass is 35.5. The van der Waals surface area contributed by atoms with Gasteiger partial charge in [0.15, 0.2) is 5.78 Å². The average Bonchev–Trinajstić information content (AvgIpc) is 2.79. The Balaban J connectivity index is 0.00000176. The van der Waals surface area contributed by atoms with Crippen molar-refractivity contribution < 1.29 is 9.53 Å². The summed E-state index contributed by atoms with van der Waals surface area (Å²) >= 11 is 0. The number of hydrogen-bond acceptors (Lipinski definition) is 3. The molecule has 0 amide bonds. The number of Topliss-reactive ketones (excluding diaryl/α,β-unsaturated/α-hetero) is 1. The molecule has 22 heavy (non-hydrogen) atoms. The fraction of sp³-hybridized carbons (Fsp3) is 0.471. The van der Waals surface area contributed by atoms with Crippen LogP contribution in [0.4, 0.5) is 0 Å². The number of carbonyl (C=O) groups excluding carboxylic acids is 1. The lowest BCUT2D eigenvalue weighted by Gasteiger charge is -2.16. The van der Waals surface area contributed by atoms with Gasteiger partial charge in [-0.2, -0.15) is 0 Å². The van der Waals surface area contributed by atoms with Crippen molar-refractivity contribution in [3.63, 3.8) is 0 Å². The number of aromatic nitrogens is 1. The van der Waals surface area contributed by atoms with Gasteiger partial charge in [-0.1, -0.05) is 0 Å². The maximum absolute atomic E-state index is 12.4. The number of methoxy groups -OCH3 is 1. The van der Waals surface area contributed by atoms with Crippen LogP contribution in [0.25, 0.3) is 10.9 Å². The van der Waals surface area contributed by atoms with Crippen LogP contribution >= 0.6 is 12.4 Å². The zero-order chi connectivity index (χ0) is 15.0. The smallest absolute Gasteiger partial charge is 0.179 e. The third-order valence-electron chi connectivity index (χ3n) is 4.24. The molecule has 0 radical (unpaired) electrons. The summed E-state index contributed by atoms with van der Waals surface area (Å²) in [5.74, 6) is 1.14. The summed E-state index contributed by atoms with van der Waals surface area (Å²) in [6.45, 7) is 1.77. The molecular formula is C17H23ClN2O2. The highest BCUT2D eigenvalue weighted by Gasteiger charge is 2.25. The maximum Gasteiger partial charge on any atom is 0.179 e. The van der Waals surface area contributed by atoms with Gasteiger partial charge in [0.25, 0.3) is 0 Å². The summed E-state index contributed by atoms with van der Waals surface area (Å²) in [4.78, 5) is 14.6. The lowest BCUT2D eigenvalue weighted by molar-refractivity contribution is 0.0963. The molecule has 1 aliphatic carbocycles. The first kappa shape index (κ1) is 16.8. The zero-order valence-electron chi connectivity index (χ0n) is 13.4. The van der Waals surface area contributed by atoms with E-state index in [0.29, 0.717) is 6.42 Å². The van der Waals surface area contributed by atoms with Gasteiger partial charge in [-0.3, -0.25) is 4.79 Å². The molecule has 1 heterocycles. The van der Waals surface area contributed by atoms with Crippen molar-refractivity contribution in [2.45, 2.75) is 25.8 Å². The van der Waals surface area contributed by atoms with Crippen molar-refractivity contribution in [2.75, 3.05) is 27.7 Å². The van der Waals surface area contributed by atoms with E-state index in [9.17, 15) is 4.79 Å². The quantitative estimate of drug-likeness (QED) is 0.867. The number of halogens is 1. The monoisotopic (exact) mass is 322 g/mol. The van der Waals surface area contributed by atoms with Crippen molar-refractivity contribution in [1.82, 2.24) is 9.47 Å². The summed E-state index contributed by atoms with van der Waals surface area (Å²) in [5.41, 5.74) is 3.28. The van der Waals surface area contributed by atoms with E-state index in [1.165, 1.54) is 10.9 Å². The molecule has 0 unspecified atom stereocenters. The Morgan fingerprint density at radius 3 is 2.73 bits per heavy atom. The first-order valence-corrected chi connectivity index (χ1v) is 7.49. The molecule has 1 aromatic heterocycles. The molecule has 0 fully saturated rings. The van der Waals surface area contributed by atoms with E-state index in [0.717, 1.165) is 42.9 Å². The normalized spacial score (nSPS) is 14.1. The molecule has 2 aromatic rings. The first-order chi connectivity index (χ1) is 10.1. The van der Waals surface area contributed by atoms with Gasteiger partial charge >= 0.3 is 0 Å². The number of likely N-dealkylation sites (N-methyl/N-ethyl adjacent to an activating group) is 1. The fourth-order valence-corrected chi connectivity index (χ4v) is 3.18. The first-order valence-electron chi connectivity index (χ1n) is 7.49. The number of rotatable bonds is 4. The van der Waals surface area contributed by atoms with E-state index in [1.807, 2.05) is 6.07 Å². The van der Waals surface area contributed by atoms with E-state index in [-0.39, 0.29) is 18.2 Å². The highest BCUT2D eigenvalue weighted by molar-refractivity contribution is 6.04. The number of nitrogens with zero attached hydrogens (tertiary/aromatic N) is 2. The van der Waals surface area contributed by atoms with Crippen LogP contribution in [0.2, 0.25) is 0 Å². The fourth-order valence-electron chi connectivity index (χ4n) is 3.18. The van der Waals surface area contributed by atoms with Crippen molar-refractivity contribution in [2.24, 2.45) is 0 Å². The van der Waals surface area contributed by atoms with Gasteiger partial charge in [0.2, 0.25) is 0 Å². The molecule has 1 aliphatic rings. The molecule has 0 bridgehead atoms. The summed E-state index contributed by atoms with van der Waals surface area (Å²) in [5, 5.41) is 1.18. The van der Waals surface area contributed by atoms with Crippen LogP contribution in [0.5, 0.6) is 5.75 Å². The molecule has 0 saturated heterocycles. The highest BCUT2D eigenvalue weighted by Crippen LogP contribution is 2.34. The van der Waals surface area contributed by atoms with Crippen LogP contribution < -0.4 is 4.74 Å². The minimum absolute atomic E-state index is 0. The van der Waals surface area contributed by atoms with Crippen molar-refractivity contribution in [3.05, 3.63) is 29.5 Å². The van der Waals surface area contributed by atoms with Gasteiger partial charge in [0, 0.05) is 30.4 Å². The van der Waals surface area contributed by atoms with Gasteiger partial charge in [-0.05, 0) is 50.7 Å². The number of aryl methyl sites for hydroxylation is 1. The minimum Gasteiger partial charge on any atom is -0.497 e. The molecule has 3 rings (SSSR count). The largest absolute Gasteiger partial charge is 0.497 e. The molecule has 0 aliphatic heterocycles. The lowest BCUT2D eigenvalue weighted by Crippen LogP contribution is -2.22. The molecule has 0 atom stereocenters. The number of ketones is 1. The van der Waals surface area contributed by atoms with Crippen molar-refractivity contribution >= 4 is 29.1 Å². The van der Waals surface area contributed by atoms with E-state index in [4.69, 9.17) is 4.74 Å².